The van der Waals surface area contributed by atoms with Crippen molar-refractivity contribution in [2.75, 3.05) is 11.1 Å². The lowest BCUT2D eigenvalue weighted by atomic mass is 10.2. The second-order valence-electron chi connectivity index (χ2n) is 3.67. The molecule has 0 atom stereocenters. The van der Waals surface area contributed by atoms with Crippen molar-refractivity contribution in [1.29, 1.82) is 0 Å². The van der Waals surface area contributed by atoms with E-state index in [0.29, 0.717) is 11.4 Å². The maximum atomic E-state index is 13.0. The summed E-state index contributed by atoms with van der Waals surface area (Å²) in [6.45, 7) is 0. The number of hydrogen-bond acceptors (Lipinski definition) is 2. The summed E-state index contributed by atoms with van der Waals surface area (Å²) < 4.78 is 25.7. The number of nitrogens with two attached hydrogens (primary N) is 1. The van der Waals surface area contributed by atoms with Crippen LogP contribution in [0.15, 0.2) is 42.5 Å². The van der Waals surface area contributed by atoms with Crippen LogP contribution in [0.5, 0.6) is 0 Å². The van der Waals surface area contributed by atoms with Crippen LogP contribution in [0.1, 0.15) is 10.4 Å². The van der Waals surface area contributed by atoms with Gasteiger partial charge in [0, 0.05) is 5.56 Å². The van der Waals surface area contributed by atoms with E-state index in [4.69, 9.17) is 5.73 Å². The van der Waals surface area contributed by atoms with Crippen molar-refractivity contribution in [1.82, 2.24) is 0 Å². The number of halogens is 2. The minimum atomic E-state index is -1.07. The van der Waals surface area contributed by atoms with Gasteiger partial charge in [0.1, 0.15) is 0 Å². The highest BCUT2D eigenvalue weighted by Gasteiger charge is 2.10. The molecule has 3 nitrogen and oxygen atoms in total. The molecule has 0 heterocycles. The zero-order chi connectivity index (χ0) is 13.1. The first-order valence-corrected chi connectivity index (χ1v) is 5.19. The Hall–Kier alpha value is -2.43. The number of carbonyl (C=O) groups is 1. The summed E-state index contributed by atoms with van der Waals surface area (Å²) in [5.41, 5.74) is 6.50. The number of nitrogen functional groups attached to an aromatic ring is 1. The Morgan fingerprint density at radius 1 is 1.06 bits per heavy atom. The fourth-order valence-electron chi connectivity index (χ4n) is 1.44. The third-order valence-electron chi connectivity index (χ3n) is 2.39. The van der Waals surface area contributed by atoms with E-state index < -0.39 is 17.5 Å². The number of para-hydroxylation sites is 2. The summed E-state index contributed by atoms with van der Waals surface area (Å²) in [6, 6.07) is 9.61. The smallest absolute Gasteiger partial charge is 0.255 e. The minimum Gasteiger partial charge on any atom is -0.397 e. The van der Waals surface area contributed by atoms with E-state index in [2.05, 4.69) is 5.32 Å². The van der Waals surface area contributed by atoms with E-state index in [-0.39, 0.29) is 5.56 Å². The van der Waals surface area contributed by atoms with Crippen molar-refractivity contribution in [3.8, 4) is 0 Å². The monoisotopic (exact) mass is 248 g/mol. The third-order valence-corrected chi connectivity index (χ3v) is 2.39. The van der Waals surface area contributed by atoms with Crippen molar-refractivity contribution in [2.24, 2.45) is 0 Å². The van der Waals surface area contributed by atoms with Gasteiger partial charge < -0.3 is 11.1 Å². The van der Waals surface area contributed by atoms with Gasteiger partial charge in [0.25, 0.3) is 5.91 Å². The fourth-order valence-corrected chi connectivity index (χ4v) is 1.44. The van der Waals surface area contributed by atoms with Crippen molar-refractivity contribution < 1.29 is 13.6 Å². The molecule has 18 heavy (non-hydrogen) atoms. The molecule has 5 heteroatoms. The van der Waals surface area contributed by atoms with Gasteiger partial charge in [0.15, 0.2) is 11.6 Å². The SMILES string of the molecule is Nc1ccccc1NC(=O)c1ccc(F)c(F)c1. The Bertz CT molecular complexity index is 599. The molecule has 0 unspecified atom stereocenters. The molecule has 2 aromatic carbocycles. The van der Waals surface area contributed by atoms with Crippen LogP contribution in [0.2, 0.25) is 0 Å². The molecular formula is C13H10F2N2O. The molecule has 0 spiro atoms. The molecule has 0 fully saturated rings. The maximum absolute atomic E-state index is 13.0. The Balaban J connectivity index is 2.22. The van der Waals surface area contributed by atoms with Gasteiger partial charge in [-0.25, -0.2) is 8.78 Å². The van der Waals surface area contributed by atoms with Gasteiger partial charge in [-0.1, -0.05) is 12.1 Å². The van der Waals surface area contributed by atoms with E-state index in [1.54, 1.807) is 24.3 Å². The molecule has 0 saturated carbocycles. The molecule has 0 aliphatic rings. The summed E-state index contributed by atoms with van der Waals surface area (Å²) in [5, 5.41) is 2.52. The predicted octanol–water partition coefficient (Wildman–Crippen LogP) is 2.80. The Kier molecular flexibility index (Phi) is 3.23. The van der Waals surface area contributed by atoms with Gasteiger partial charge in [-0.05, 0) is 30.3 Å². The van der Waals surface area contributed by atoms with Crippen LogP contribution in [-0.4, -0.2) is 5.91 Å². The number of nitrogens with one attached hydrogen (secondary N) is 1. The number of hydrogen-bond donors (Lipinski definition) is 2. The molecule has 2 rings (SSSR count). The number of amides is 1. The number of benzene rings is 2. The fraction of sp³-hybridized carbons (Fsp3) is 0. The van der Waals surface area contributed by atoms with Gasteiger partial charge in [-0.2, -0.15) is 0 Å². The first-order chi connectivity index (χ1) is 8.58. The number of anilines is 2. The second-order valence-corrected chi connectivity index (χ2v) is 3.67. The highest BCUT2D eigenvalue weighted by atomic mass is 19.2. The van der Waals surface area contributed by atoms with Crippen LogP contribution in [-0.2, 0) is 0 Å². The van der Waals surface area contributed by atoms with Gasteiger partial charge in [0.2, 0.25) is 0 Å². The normalized spacial score (nSPS) is 10.1. The summed E-state index contributed by atoms with van der Waals surface area (Å²) in [5.74, 6) is -2.61. The molecule has 0 aliphatic carbocycles. The van der Waals surface area contributed by atoms with Crippen molar-refractivity contribution >= 4 is 17.3 Å². The van der Waals surface area contributed by atoms with E-state index >= 15 is 0 Å². The summed E-state index contributed by atoms with van der Waals surface area (Å²) >= 11 is 0. The Morgan fingerprint density at radius 2 is 1.78 bits per heavy atom. The summed E-state index contributed by atoms with van der Waals surface area (Å²) in [4.78, 5) is 11.8. The highest BCUT2D eigenvalue weighted by Crippen LogP contribution is 2.18. The lowest BCUT2D eigenvalue weighted by Gasteiger charge is -2.07. The largest absolute Gasteiger partial charge is 0.397 e. The third kappa shape index (κ3) is 2.45. The molecule has 2 aromatic rings. The zero-order valence-corrected chi connectivity index (χ0v) is 9.28. The lowest BCUT2D eigenvalue weighted by Crippen LogP contribution is -2.13. The minimum absolute atomic E-state index is 0.0251. The molecular weight excluding hydrogens is 238 g/mol. The molecule has 0 bridgehead atoms. The van der Waals surface area contributed by atoms with E-state index in [1.165, 1.54) is 6.07 Å². The van der Waals surface area contributed by atoms with Crippen molar-refractivity contribution in [2.45, 2.75) is 0 Å². The number of rotatable bonds is 2. The van der Waals surface area contributed by atoms with Crippen LogP contribution >= 0.6 is 0 Å². The van der Waals surface area contributed by atoms with Crippen LogP contribution in [0.3, 0.4) is 0 Å². The molecule has 3 N–H and O–H groups in total. The highest BCUT2D eigenvalue weighted by molar-refractivity contribution is 6.05. The van der Waals surface area contributed by atoms with Crippen molar-refractivity contribution in [3.05, 3.63) is 59.7 Å². The predicted molar refractivity (Wildman–Crippen MR) is 65.2 cm³/mol. The van der Waals surface area contributed by atoms with Crippen LogP contribution in [0.4, 0.5) is 20.2 Å². The molecule has 1 amide bonds. The Labute approximate surface area is 102 Å². The van der Waals surface area contributed by atoms with Gasteiger partial charge in [-0.3, -0.25) is 4.79 Å². The average Bonchev–Trinajstić information content (AvgIpc) is 2.35. The zero-order valence-electron chi connectivity index (χ0n) is 9.28. The summed E-state index contributed by atoms with van der Waals surface area (Å²) in [6.07, 6.45) is 0. The molecule has 0 radical (unpaired) electrons. The van der Waals surface area contributed by atoms with Crippen LogP contribution in [0, 0.1) is 11.6 Å². The molecule has 92 valence electrons. The molecule has 0 aromatic heterocycles. The molecule has 0 aliphatic heterocycles. The first kappa shape index (κ1) is 12.0. The van der Waals surface area contributed by atoms with Gasteiger partial charge in [0.05, 0.1) is 11.4 Å². The van der Waals surface area contributed by atoms with E-state index in [1.807, 2.05) is 0 Å². The average molecular weight is 248 g/mol. The van der Waals surface area contributed by atoms with E-state index in [9.17, 15) is 13.6 Å². The quantitative estimate of drug-likeness (QED) is 0.803. The topological polar surface area (TPSA) is 55.1 Å². The van der Waals surface area contributed by atoms with Crippen LogP contribution < -0.4 is 11.1 Å². The molecule has 0 saturated heterocycles. The van der Waals surface area contributed by atoms with Crippen LogP contribution in [0.25, 0.3) is 0 Å². The Morgan fingerprint density at radius 3 is 2.44 bits per heavy atom. The maximum Gasteiger partial charge on any atom is 0.255 e. The first-order valence-electron chi connectivity index (χ1n) is 5.19. The second kappa shape index (κ2) is 4.83. The van der Waals surface area contributed by atoms with Gasteiger partial charge >= 0.3 is 0 Å². The van der Waals surface area contributed by atoms with Crippen molar-refractivity contribution in [3.63, 3.8) is 0 Å². The van der Waals surface area contributed by atoms with E-state index in [0.717, 1.165) is 12.1 Å². The standard InChI is InChI=1S/C13H10F2N2O/c14-9-6-5-8(7-10(9)15)13(18)17-12-4-2-1-3-11(12)16/h1-7H,16H2,(H,17,18). The summed E-state index contributed by atoms with van der Waals surface area (Å²) in [7, 11) is 0. The number of carbonyl (C=O) groups excluding carboxylic acids is 1. The lowest BCUT2D eigenvalue weighted by molar-refractivity contribution is 0.102. The van der Waals surface area contributed by atoms with Gasteiger partial charge in [-0.15, -0.1) is 0 Å².